The minimum absolute atomic E-state index is 0.0582. The first-order valence-corrected chi connectivity index (χ1v) is 8.91. The van der Waals surface area contributed by atoms with Crippen LogP contribution in [-0.2, 0) is 14.3 Å². The van der Waals surface area contributed by atoms with Gasteiger partial charge in [-0.05, 0) is 18.8 Å². The van der Waals surface area contributed by atoms with E-state index in [9.17, 15) is 19.8 Å². The summed E-state index contributed by atoms with van der Waals surface area (Å²) in [5.41, 5.74) is 0. The van der Waals surface area contributed by atoms with E-state index >= 15 is 0 Å². The molecule has 2 amide bonds. The molecule has 0 bridgehead atoms. The number of aliphatic hydroxyl groups excluding tert-OH is 2. The van der Waals surface area contributed by atoms with Crippen LogP contribution in [0.3, 0.4) is 0 Å². The summed E-state index contributed by atoms with van der Waals surface area (Å²) in [5.74, 6) is 0.359. The fourth-order valence-electron chi connectivity index (χ4n) is 3.36. The highest BCUT2D eigenvalue weighted by Crippen LogP contribution is 2.19. The molecule has 0 unspecified atom stereocenters. The molecule has 0 aromatic carbocycles. The third kappa shape index (κ3) is 4.91. The first kappa shape index (κ1) is 19.1. The molecule has 0 spiro atoms. The van der Waals surface area contributed by atoms with Crippen molar-refractivity contribution in [2.75, 3.05) is 32.8 Å². The average Bonchev–Trinajstić information content (AvgIpc) is 2.93. The summed E-state index contributed by atoms with van der Waals surface area (Å²) in [6.45, 7) is 6.25. The molecule has 7 heteroatoms. The quantitative estimate of drug-likeness (QED) is 0.679. The molecule has 0 aliphatic carbocycles. The van der Waals surface area contributed by atoms with Crippen molar-refractivity contribution in [3.8, 4) is 0 Å². The lowest BCUT2D eigenvalue weighted by molar-refractivity contribution is -0.157. The SMILES string of the molecule is CC(C)CN(C(=O)CCCN1CCCC1=O)[C@@H]1COC[C@@H](O)[C@H]1O. The number of carbonyl (C=O) groups is 2. The number of ether oxygens (including phenoxy) is 1. The van der Waals surface area contributed by atoms with Crippen LogP contribution in [0, 0.1) is 5.92 Å². The number of hydrogen-bond acceptors (Lipinski definition) is 5. The molecule has 0 radical (unpaired) electrons. The Balaban J connectivity index is 1.90. The number of aliphatic hydroxyl groups is 2. The predicted octanol–water partition coefficient (Wildman–Crippen LogP) is -0.00580. The lowest BCUT2D eigenvalue weighted by atomic mass is 10.0. The van der Waals surface area contributed by atoms with E-state index in [4.69, 9.17) is 4.74 Å². The van der Waals surface area contributed by atoms with E-state index in [1.807, 2.05) is 18.7 Å². The Morgan fingerprint density at radius 2 is 2.12 bits per heavy atom. The largest absolute Gasteiger partial charge is 0.388 e. The molecule has 2 saturated heterocycles. The van der Waals surface area contributed by atoms with Gasteiger partial charge in [0.1, 0.15) is 12.2 Å². The summed E-state index contributed by atoms with van der Waals surface area (Å²) >= 11 is 0. The minimum atomic E-state index is -0.985. The van der Waals surface area contributed by atoms with Gasteiger partial charge in [-0.3, -0.25) is 9.59 Å². The van der Waals surface area contributed by atoms with Crippen LogP contribution >= 0.6 is 0 Å². The van der Waals surface area contributed by atoms with Gasteiger partial charge in [0.05, 0.1) is 19.3 Å². The van der Waals surface area contributed by atoms with Crippen molar-refractivity contribution in [3.63, 3.8) is 0 Å². The topological polar surface area (TPSA) is 90.3 Å². The van der Waals surface area contributed by atoms with Crippen LogP contribution in [0.25, 0.3) is 0 Å². The minimum Gasteiger partial charge on any atom is -0.388 e. The molecule has 2 aliphatic rings. The van der Waals surface area contributed by atoms with Crippen molar-refractivity contribution in [2.24, 2.45) is 5.92 Å². The zero-order valence-electron chi connectivity index (χ0n) is 14.7. The van der Waals surface area contributed by atoms with Crippen molar-refractivity contribution in [2.45, 2.75) is 57.8 Å². The van der Waals surface area contributed by atoms with Crippen LogP contribution in [0.15, 0.2) is 0 Å². The molecule has 3 atom stereocenters. The van der Waals surface area contributed by atoms with Gasteiger partial charge in [0.25, 0.3) is 0 Å². The Bertz CT molecular complexity index is 443. The van der Waals surface area contributed by atoms with E-state index in [1.165, 1.54) is 0 Å². The number of hydrogen-bond donors (Lipinski definition) is 2. The van der Waals surface area contributed by atoms with Gasteiger partial charge in [-0.2, -0.15) is 0 Å². The maximum Gasteiger partial charge on any atom is 0.223 e. The van der Waals surface area contributed by atoms with Gasteiger partial charge in [-0.15, -0.1) is 0 Å². The molecule has 138 valence electrons. The molecule has 2 rings (SSSR count). The van der Waals surface area contributed by atoms with Gasteiger partial charge in [-0.25, -0.2) is 0 Å². The molecule has 0 aromatic rings. The fraction of sp³-hybridized carbons (Fsp3) is 0.882. The highest BCUT2D eigenvalue weighted by Gasteiger charge is 2.37. The van der Waals surface area contributed by atoms with Crippen molar-refractivity contribution < 1.29 is 24.5 Å². The predicted molar refractivity (Wildman–Crippen MR) is 88.2 cm³/mol. The molecule has 2 N–H and O–H groups in total. The van der Waals surface area contributed by atoms with Gasteiger partial charge in [0.15, 0.2) is 0 Å². The molecule has 2 heterocycles. The molecule has 24 heavy (non-hydrogen) atoms. The van der Waals surface area contributed by atoms with Gasteiger partial charge < -0.3 is 24.7 Å². The van der Waals surface area contributed by atoms with E-state index < -0.39 is 18.2 Å². The summed E-state index contributed by atoms with van der Waals surface area (Å²) in [6.07, 6.45) is 0.503. The zero-order chi connectivity index (χ0) is 17.7. The van der Waals surface area contributed by atoms with Crippen LogP contribution in [0.1, 0.15) is 39.5 Å². The van der Waals surface area contributed by atoms with Crippen LogP contribution in [0.2, 0.25) is 0 Å². The second kappa shape index (κ2) is 8.78. The number of carbonyl (C=O) groups excluding carboxylic acids is 2. The summed E-state index contributed by atoms with van der Waals surface area (Å²) in [4.78, 5) is 27.7. The molecule has 0 aromatic heterocycles. The Kier molecular flexibility index (Phi) is 7.01. The standard InChI is InChI=1S/C17H30N2O5/c1-12(2)9-19(13-10-24-11-14(20)17(13)23)16(22)6-4-8-18-7-3-5-15(18)21/h12-14,17,20,23H,3-11H2,1-2H3/t13-,14-,17+/m1/s1. The number of likely N-dealkylation sites (tertiary alicyclic amines) is 1. The monoisotopic (exact) mass is 342 g/mol. The maximum atomic E-state index is 12.7. The zero-order valence-corrected chi connectivity index (χ0v) is 14.7. The molecular weight excluding hydrogens is 312 g/mol. The van der Waals surface area contributed by atoms with Crippen LogP contribution in [-0.4, -0.2) is 82.9 Å². The Morgan fingerprint density at radius 3 is 2.75 bits per heavy atom. The lowest BCUT2D eigenvalue weighted by Crippen LogP contribution is -2.58. The third-order valence-corrected chi connectivity index (χ3v) is 4.64. The van der Waals surface area contributed by atoms with Crippen LogP contribution in [0.5, 0.6) is 0 Å². The van der Waals surface area contributed by atoms with Gasteiger partial charge in [0.2, 0.25) is 11.8 Å². The molecule has 0 saturated carbocycles. The summed E-state index contributed by atoms with van der Waals surface area (Å²) in [5, 5.41) is 20.0. The van der Waals surface area contributed by atoms with Crippen molar-refractivity contribution in [1.29, 1.82) is 0 Å². The Labute approximate surface area is 143 Å². The number of rotatable bonds is 7. The normalized spacial score (nSPS) is 27.8. The Morgan fingerprint density at radius 1 is 1.38 bits per heavy atom. The van der Waals surface area contributed by atoms with Crippen LogP contribution in [0.4, 0.5) is 0 Å². The van der Waals surface area contributed by atoms with Crippen LogP contribution < -0.4 is 0 Å². The van der Waals surface area contributed by atoms with Gasteiger partial charge in [0, 0.05) is 32.5 Å². The average molecular weight is 342 g/mol. The molecular formula is C17H30N2O5. The van der Waals surface area contributed by atoms with E-state index in [-0.39, 0.29) is 30.9 Å². The van der Waals surface area contributed by atoms with Gasteiger partial charge >= 0.3 is 0 Å². The van der Waals surface area contributed by atoms with Crippen molar-refractivity contribution >= 4 is 11.8 Å². The molecule has 7 nitrogen and oxygen atoms in total. The number of nitrogens with zero attached hydrogens (tertiary/aromatic N) is 2. The highest BCUT2D eigenvalue weighted by molar-refractivity contribution is 5.78. The van der Waals surface area contributed by atoms with E-state index in [0.29, 0.717) is 32.4 Å². The highest BCUT2D eigenvalue weighted by atomic mass is 16.5. The smallest absolute Gasteiger partial charge is 0.223 e. The number of amides is 2. The second-order valence-corrected chi connectivity index (χ2v) is 7.19. The third-order valence-electron chi connectivity index (χ3n) is 4.64. The van der Waals surface area contributed by atoms with Gasteiger partial charge in [-0.1, -0.05) is 13.8 Å². The summed E-state index contributed by atoms with van der Waals surface area (Å²) in [7, 11) is 0. The second-order valence-electron chi connectivity index (χ2n) is 7.19. The first-order chi connectivity index (χ1) is 11.4. The molecule has 2 aliphatic heterocycles. The Hall–Kier alpha value is -1.18. The first-order valence-electron chi connectivity index (χ1n) is 8.91. The summed E-state index contributed by atoms with van der Waals surface area (Å²) in [6, 6.07) is -0.517. The summed E-state index contributed by atoms with van der Waals surface area (Å²) < 4.78 is 5.32. The van der Waals surface area contributed by atoms with Crippen molar-refractivity contribution in [1.82, 2.24) is 9.80 Å². The maximum absolute atomic E-state index is 12.7. The van der Waals surface area contributed by atoms with E-state index in [1.54, 1.807) is 4.90 Å². The fourth-order valence-corrected chi connectivity index (χ4v) is 3.36. The van der Waals surface area contributed by atoms with E-state index in [0.717, 1.165) is 13.0 Å². The van der Waals surface area contributed by atoms with E-state index in [2.05, 4.69) is 0 Å². The van der Waals surface area contributed by atoms with Crippen molar-refractivity contribution in [3.05, 3.63) is 0 Å². The lowest BCUT2D eigenvalue weighted by Gasteiger charge is -2.40. The molecule has 2 fully saturated rings.